The maximum atomic E-state index is 13.9. The SMILES string of the molecule is O=C(O)CC(NC(=O)C(Cc1ccc(OCCOCCOCCNC(=O)CCC(=O)NCCOCCOCCOc2ccc(CC(NC(=O)CCCCNc3ccccn3)C(=O)NC(CC(=O)O)c3cc(Cl)cc(Cl)c3)cc2)cc1)NC(=O)CCCCNc1ccccn1)c1cc(Cl)cc(Cl)c1. The highest BCUT2D eigenvalue weighted by atomic mass is 35.5. The van der Waals surface area contributed by atoms with Gasteiger partial charge >= 0.3 is 11.9 Å². The number of unbranched alkanes of at least 4 members (excludes halogenated alkanes) is 2. The van der Waals surface area contributed by atoms with Crippen LogP contribution in [0.1, 0.15) is 98.5 Å². The van der Waals surface area contributed by atoms with Crippen LogP contribution in [0.25, 0.3) is 0 Å². The maximum absolute atomic E-state index is 13.9. The summed E-state index contributed by atoms with van der Waals surface area (Å²) in [4.78, 5) is 111. The minimum atomic E-state index is -1.16. The van der Waals surface area contributed by atoms with Crippen LogP contribution in [0.2, 0.25) is 20.1 Å². The van der Waals surface area contributed by atoms with E-state index in [1.54, 1.807) is 60.9 Å². The highest BCUT2D eigenvalue weighted by Gasteiger charge is 2.29. The second-order valence-electron chi connectivity index (χ2n) is 23.2. The maximum Gasteiger partial charge on any atom is 0.305 e. The number of carboxylic acids is 2. The van der Waals surface area contributed by atoms with E-state index in [0.717, 1.165) is 11.6 Å². The molecule has 0 fully saturated rings. The summed E-state index contributed by atoms with van der Waals surface area (Å²) in [7, 11) is 0. The number of carbonyl (C=O) groups excluding carboxylic acids is 6. The van der Waals surface area contributed by atoms with Crippen molar-refractivity contribution in [2.24, 2.45) is 0 Å². The molecule has 0 bridgehead atoms. The molecule has 102 heavy (non-hydrogen) atoms. The average molecular weight is 1490 g/mol. The summed E-state index contributed by atoms with van der Waals surface area (Å²) in [5, 5.41) is 43.6. The fraction of sp³-hybridized carbons (Fsp3) is 0.417. The molecule has 0 aliphatic rings. The zero-order chi connectivity index (χ0) is 73.1. The van der Waals surface area contributed by atoms with Crippen molar-refractivity contribution in [3.8, 4) is 11.5 Å². The molecule has 0 aliphatic heterocycles. The number of carboxylic acid groups (broad SMARTS) is 2. The molecule has 30 heteroatoms. The van der Waals surface area contributed by atoms with Gasteiger partial charge in [-0.3, -0.25) is 38.4 Å². The van der Waals surface area contributed by atoms with Gasteiger partial charge in [-0.05, 0) is 133 Å². The number of amides is 6. The molecule has 4 unspecified atom stereocenters. The lowest BCUT2D eigenvalue weighted by Crippen LogP contribution is -2.49. The van der Waals surface area contributed by atoms with Crippen LogP contribution in [0.5, 0.6) is 11.5 Å². The summed E-state index contributed by atoms with van der Waals surface area (Å²) < 4.78 is 34.0. The first kappa shape index (κ1) is 82.1. The topological polar surface area (TPSA) is 354 Å². The normalized spacial score (nSPS) is 12.2. The standard InChI is InChI=1S/C72H88Cl4N10O16/c73-53-41-51(42-54(74)45-53)59(47-69(91)92)85-71(95)61(83-67(89)11-3-7-25-79-63-9-1-5-23-77-63)39-49-13-17-57(18-14-49)101-37-35-99-33-31-97-29-27-81-65(87)21-22-66(88)82-28-30-98-32-34-100-36-38-102-58-19-15-50(16-20-58)40-62(84-68(90)12-4-8-26-80-64-10-2-6-24-78-64)72(96)86-60(48-70(93)94)52-43-55(75)46-56(76)44-52/h1-2,5-6,9-10,13-20,23-24,41-46,59-62H,3-4,7-8,11-12,21-22,25-40,47-48H2,(H,77,79)(H,78,80)(H,81,87)(H,82,88)(H,83,89)(H,84,90)(H,85,95)(H,86,96)(H,91,92)(H,93,94). The van der Waals surface area contributed by atoms with Crippen LogP contribution in [-0.2, 0) is 70.1 Å². The van der Waals surface area contributed by atoms with Crippen molar-refractivity contribution in [3.05, 3.63) is 176 Å². The van der Waals surface area contributed by atoms with Gasteiger partial charge in [0.15, 0.2) is 0 Å². The van der Waals surface area contributed by atoms with Gasteiger partial charge in [0.1, 0.15) is 48.4 Å². The van der Waals surface area contributed by atoms with Gasteiger partial charge in [-0.25, -0.2) is 9.97 Å². The average Bonchev–Trinajstić information content (AvgIpc) is 0.847. The largest absolute Gasteiger partial charge is 0.491 e. The lowest BCUT2D eigenvalue weighted by Gasteiger charge is -2.24. The van der Waals surface area contributed by atoms with Crippen molar-refractivity contribution in [2.75, 3.05) is 103 Å². The molecule has 2 heterocycles. The monoisotopic (exact) mass is 1490 g/mol. The molecule has 4 atom stereocenters. The van der Waals surface area contributed by atoms with Crippen molar-refractivity contribution >= 4 is 105 Å². The third-order valence-electron chi connectivity index (χ3n) is 15.1. The Morgan fingerprint density at radius 2 is 0.755 bits per heavy atom. The molecule has 4 aromatic carbocycles. The van der Waals surface area contributed by atoms with Crippen LogP contribution in [0.15, 0.2) is 134 Å². The first-order chi connectivity index (χ1) is 49.3. The van der Waals surface area contributed by atoms with E-state index in [2.05, 4.69) is 52.5 Å². The third-order valence-corrected chi connectivity index (χ3v) is 15.9. The predicted molar refractivity (Wildman–Crippen MR) is 386 cm³/mol. The van der Waals surface area contributed by atoms with Crippen LogP contribution < -0.4 is 52.0 Å². The van der Waals surface area contributed by atoms with Crippen molar-refractivity contribution in [1.82, 2.24) is 41.9 Å². The third kappa shape index (κ3) is 34.7. The van der Waals surface area contributed by atoms with Gasteiger partial charge in [0.25, 0.3) is 0 Å². The van der Waals surface area contributed by atoms with E-state index < -0.39 is 60.8 Å². The zero-order valence-corrected chi connectivity index (χ0v) is 59.4. The Morgan fingerprint density at radius 3 is 1.11 bits per heavy atom. The molecule has 0 radical (unpaired) electrons. The van der Waals surface area contributed by atoms with Gasteiger partial charge in [0.05, 0.1) is 77.8 Å². The number of halogens is 4. The molecule has 6 aromatic rings. The second-order valence-corrected chi connectivity index (χ2v) is 24.9. The summed E-state index contributed by atoms with van der Waals surface area (Å²) in [6, 6.07) is 30.1. The number of hydrogen-bond donors (Lipinski definition) is 10. The van der Waals surface area contributed by atoms with E-state index in [0.29, 0.717) is 72.5 Å². The minimum Gasteiger partial charge on any atom is -0.491 e. The number of carbonyl (C=O) groups is 8. The first-order valence-corrected chi connectivity index (χ1v) is 35.0. The Bertz CT molecular complexity index is 3290. The van der Waals surface area contributed by atoms with Crippen LogP contribution in [-0.4, -0.2) is 172 Å². The Hall–Kier alpha value is -8.86. The van der Waals surface area contributed by atoms with Crippen molar-refractivity contribution in [3.63, 3.8) is 0 Å². The Labute approximate surface area is 612 Å². The van der Waals surface area contributed by atoms with E-state index in [1.165, 1.54) is 36.4 Å². The van der Waals surface area contributed by atoms with E-state index in [9.17, 15) is 48.6 Å². The Balaban J connectivity index is 0.779. The number of rotatable bonds is 51. The molecule has 10 N–H and O–H groups in total. The van der Waals surface area contributed by atoms with Gasteiger partial charge in [0, 0.05) is 97.2 Å². The number of ether oxygens (including phenoxy) is 6. The number of aliphatic carboxylic acids is 2. The highest BCUT2D eigenvalue weighted by Crippen LogP contribution is 2.28. The number of anilines is 2. The van der Waals surface area contributed by atoms with Crippen LogP contribution in [0.4, 0.5) is 11.6 Å². The van der Waals surface area contributed by atoms with Crippen molar-refractivity contribution < 1.29 is 77.0 Å². The Kier molecular flexibility index (Phi) is 38.1. The smallest absolute Gasteiger partial charge is 0.305 e. The quantitative estimate of drug-likeness (QED) is 0.0159. The Morgan fingerprint density at radius 1 is 0.392 bits per heavy atom. The molecule has 0 saturated carbocycles. The number of benzene rings is 4. The lowest BCUT2D eigenvalue weighted by molar-refractivity contribution is -0.139. The predicted octanol–water partition coefficient (Wildman–Crippen LogP) is 8.91. The number of hydrogen-bond acceptors (Lipinski definition) is 18. The summed E-state index contributed by atoms with van der Waals surface area (Å²) >= 11 is 24.9. The molecule has 6 amide bonds. The molecular formula is C72H88Cl4N10O16. The van der Waals surface area contributed by atoms with Gasteiger partial charge < -0.3 is 81.2 Å². The highest BCUT2D eigenvalue weighted by molar-refractivity contribution is 6.35. The molecule has 26 nitrogen and oxygen atoms in total. The number of aromatic nitrogens is 2. The van der Waals surface area contributed by atoms with Gasteiger partial charge in [0.2, 0.25) is 35.4 Å². The lowest BCUT2D eigenvalue weighted by atomic mass is 10.0. The van der Waals surface area contributed by atoms with E-state index in [4.69, 9.17) is 74.8 Å². The van der Waals surface area contributed by atoms with Gasteiger partial charge in [-0.2, -0.15) is 0 Å². The summed E-state index contributed by atoms with van der Waals surface area (Å²) in [5.74, 6) is -2.27. The number of nitrogens with one attached hydrogen (secondary N) is 8. The van der Waals surface area contributed by atoms with Gasteiger partial charge in [-0.15, -0.1) is 0 Å². The summed E-state index contributed by atoms with van der Waals surface area (Å²) in [5.41, 5.74) is 2.20. The van der Waals surface area contributed by atoms with Crippen LogP contribution in [0.3, 0.4) is 0 Å². The fourth-order valence-electron chi connectivity index (χ4n) is 10.0. The fourth-order valence-corrected chi connectivity index (χ4v) is 11.1. The molecule has 550 valence electrons. The van der Waals surface area contributed by atoms with E-state index in [-0.39, 0.29) is 161 Å². The van der Waals surface area contributed by atoms with Crippen molar-refractivity contribution in [2.45, 2.75) is 101 Å². The second kappa shape index (κ2) is 47.3. The van der Waals surface area contributed by atoms with Crippen LogP contribution >= 0.6 is 46.4 Å². The molecule has 2 aromatic heterocycles. The van der Waals surface area contributed by atoms with Gasteiger partial charge in [-0.1, -0.05) is 82.8 Å². The van der Waals surface area contributed by atoms with E-state index >= 15 is 0 Å². The zero-order valence-electron chi connectivity index (χ0n) is 56.4. The van der Waals surface area contributed by atoms with E-state index in [1.807, 2.05) is 36.4 Å². The number of pyridine rings is 2. The minimum absolute atomic E-state index is 0.00592. The summed E-state index contributed by atoms with van der Waals surface area (Å²) in [6.45, 7) is 4.22. The van der Waals surface area contributed by atoms with Crippen LogP contribution in [0, 0.1) is 0 Å². The summed E-state index contributed by atoms with van der Waals surface area (Å²) in [6.07, 6.45) is 5.34. The molecular weight excluding hydrogens is 1400 g/mol. The molecule has 6 rings (SSSR count). The molecule has 0 spiro atoms. The molecule has 0 saturated heterocycles. The number of nitrogens with zero attached hydrogens (tertiary/aromatic N) is 2. The van der Waals surface area contributed by atoms with Crippen molar-refractivity contribution in [1.29, 1.82) is 0 Å². The molecule has 0 aliphatic carbocycles. The first-order valence-electron chi connectivity index (χ1n) is 33.5.